The third-order valence-corrected chi connectivity index (χ3v) is 6.15. The highest BCUT2D eigenvalue weighted by molar-refractivity contribution is 7.99. The maximum atomic E-state index is 11.4. The van der Waals surface area contributed by atoms with Crippen molar-refractivity contribution in [3.63, 3.8) is 0 Å². The van der Waals surface area contributed by atoms with E-state index in [1.165, 1.54) is 24.0 Å². The van der Waals surface area contributed by atoms with E-state index in [2.05, 4.69) is 25.5 Å². The second-order valence-electron chi connectivity index (χ2n) is 7.38. The van der Waals surface area contributed by atoms with Gasteiger partial charge in [0.25, 0.3) is 5.69 Å². The van der Waals surface area contributed by atoms with Crippen molar-refractivity contribution in [3.05, 3.63) is 33.9 Å². The van der Waals surface area contributed by atoms with Crippen LogP contribution in [0.3, 0.4) is 0 Å². The molecule has 2 fully saturated rings. The van der Waals surface area contributed by atoms with E-state index in [1.54, 1.807) is 12.1 Å². The molecule has 2 N–H and O–H groups in total. The van der Waals surface area contributed by atoms with Crippen LogP contribution in [0.2, 0.25) is 0 Å². The van der Waals surface area contributed by atoms with Gasteiger partial charge in [-0.2, -0.15) is 20.1 Å². The van der Waals surface area contributed by atoms with Crippen LogP contribution in [-0.2, 0) is 9.47 Å². The van der Waals surface area contributed by atoms with Crippen molar-refractivity contribution >= 4 is 41.5 Å². The van der Waals surface area contributed by atoms with E-state index in [9.17, 15) is 10.1 Å². The minimum absolute atomic E-state index is 0.0354. The van der Waals surface area contributed by atoms with Crippen LogP contribution in [0.1, 0.15) is 5.56 Å². The van der Waals surface area contributed by atoms with Gasteiger partial charge in [-0.25, -0.2) is 5.43 Å². The molecule has 0 radical (unpaired) electrons. The zero-order valence-electron chi connectivity index (χ0n) is 18.5. The van der Waals surface area contributed by atoms with Gasteiger partial charge >= 0.3 is 0 Å². The Kier molecular flexibility index (Phi) is 8.41. The van der Waals surface area contributed by atoms with E-state index >= 15 is 0 Å². The van der Waals surface area contributed by atoms with Crippen LogP contribution in [0, 0.1) is 10.1 Å². The van der Waals surface area contributed by atoms with Crippen LogP contribution < -0.4 is 15.2 Å². The minimum atomic E-state index is -0.445. The fourth-order valence-electron chi connectivity index (χ4n) is 3.41. The van der Waals surface area contributed by atoms with Crippen LogP contribution >= 0.6 is 11.8 Å². The van der Waals surface area contributed by atoms with E-state index in [-0.39, 0.29) is 18.2 Å². The molecule has 0 unspecified atom stereocenters. The molecule has 2 saturated heterocycles. The van der Waals surface area contributed by atoms with Crippen molar-refractivity contribution in [2.24, 2.45) is 5.10 Å². The molecule has 0 spiro atoms. The number of anilines is 3. The largest absolute Gasteiger partial charge is 0.396 e. The number of aromatic nitrogens is 3. The standard InChI is InChI=1S/C20H26N8O5S/c29-7-12-34-17-2-1-15(13-16(17)28(30)31)14-21-25-18-22-19(26-3-8-32-9-4-26)24-20(23-18)27-5-10-33-11-6-27/h1-2,13-14,29H,3-12H2,(H,22,23,24,25)/b21-14+. The maximum absolute atomic E-state index is 11.4. The number of thioether (sulfide) groups is 1. The van der Waals surface area contributed by atoms with Crippen molar-refractivity contribution in [1.29, 1.82) is 0 Å². The van der Waals surface area contributed by atoms with Crippen LogP contribution in [0.15, 0.2) is 28.2 Å². The van der Waals surface area contributed by atoms with Gasteiger partial charge in [0, 0.05) is 43.6 Å². The number of morpholine rings is 2. The lowest BCUT2D eigenvalue weighted by Crippen LogP contribution is -2.40. The summed E-state index contributed by atoms with van der Waals surface area (Å²) in [6, 6.07) is 4.82. The number of nitro benzene ring substituents is 1. The number of nitrogens with zero attached hydrogens (tertiary/aromatic N) is 7. The number of benzene rings is 1. The Hall–Kier alpha value is -3.07. The Labute approximate surface area is 200 Å². The van der Waals surface area contributed by atoms with Gasteiger partial charge in [-0.05, 0) is 6.07 Å². The molecule has 14 heteroatoms. The Balaban J connectivity index is 1.53. The van der Waals surface area contributed by atoms with Gasteiger partial charge in [0.15, 0.2) is 0 Å². The summed E-state index contributed by atoms with van der Waals surface area (Å²) >= 11 is 1.23. The average molecular weight is 491 g/mol. The molecule has 34 heavy (non-hydrogen) atoms. The molecule has 0 bridgehead atoms. The molecular formula is C20H26N8O5S. The Morgan fingerprint density at radius 1 is 1.09 bits per heavy atom. The van der Waals surface area contributed by atoms with Crippen LogP contribution in [-0.4, -0.2) is 96.2 Å². The molecule has 4 rings (SSSR count). The summed E-state index contributed by atoms with van der Waals surface area (Å²) in [6.45, 7) is 5.07. The molecular weight excluding hydrogens is 464 g/mol. The number of nitrogens with one attached hydrogen (secondary N) is 1. The van der Waals surface area contributed by atoms with E-state index < -0.39 is 4.92 Å². The highest BCUT2D eigenvalue weighted by Crippen LogP contribution is 2.29. The fraction of sp³-hybridized carbons (Fsp3) is 0.500. The van der Waals surface area contributed by atoms with E-state index in [4.69, 9.17) is 14.6 Å². The molecule has 1 aromatic heterocycles. The molecule has 182 valence electrons. The van der Waals surface area contributed by atoms with Gasteiger partial charge in [-0.1, -0.05) is 6.07 Å². The van der Waals surface area contributed by atoms with Gasteiger partial charge in [-0.3, -0.25) is 10.1 Å². The maximum Gasteiger partial charge on any atom is 0.283 e. The first kappa shape index (κ1) is 24.1. The van der Waals surface area contributed by atoms with Crippen molar-refractivity contribution in [2.75, 3.05) is 80.2 Å². The summed E-state index contributed by atoms with van der Waals surface area (Å²) in [5, 5.41) is 24.6. The molecule has 0 saturated carbocycles. The first-order chi connectivity index (χ1) is 16.6. The number of ether oxygens (including phenoxy) is 2. The monoisotopic (exact) mass is 490 g/mol. The first-order valence-electron chi connectivity index (χ1n) is 10.9. The summed E-state index contributed by atoms with van der Waals surface area (Å²) in [5.74, 6) is 1.74. The van der Waals surface area contributed by atoms with E-state index in [0.29, 0.717) is 80.7 Å². The number of aliphatic hydroxyl groups is 1. The van der Waals surface area contributed by atoms with Crippen molar-refractivity contribution < 1.29 is 19.5 Å². The SMILES string of the molecule is O=[N+]([O-])c1cc(/C=N/Nc2nc(N3CCOCC3)nc(N3CCOCC3)n2)ccc1SCCO. The Morgan fingerprint density at radius 2 is 1.71 bits per heavy atom. The van der Waals surface area contributed by atoms with Crippen LogP contribution in [0.4, 0.5) is 23.5 Å². The number of hydrazone groups is 1. The Morgan fingerprint density at radius 3 is 2.26 bits per heavy atom. The first-order valence-corrected chi connectivity index (χ1v) is 11.9. The lowest BCUT2D eigenvalue weighted by atomic mass is 10.2. The normalized spacial score (nSPS) is 16.7. The zero-order valence-corrected chi connectivity index (χ0v) is 19.3. The summed E-state index contributed by atoms with van der Waals surface area (Å²) < 4.78 is 10.9. The lowest BCUT2D eigenvalue weighted by molar-refractivity contribution is -0.387. The van der Waals surface area contributed by atoms with E-state index in [1.807, 2.05) is 9.80 Å². The molecule has 0 aliphatic carbocycles. The highest BCUT2D eigenvalue weighted by atomic mass is 32.2. The number of rotatable bonds is 9. The molecule has 2 aliphatic heterocycles. The van der Waals surface area contributed by atoms with Gasteiger partial charge in [0.2, 0.25) is 17.8 Å². The minimum Gasteiger partial charge on any atom is -0.396 e. The third kappa shape index (κ3) is 6.28. The molecule has 0 amide bonds. The molecule has 0 atom stereocenters. The quantitative estimate of drug-likeness (QED) is 0.223. The number of nitro groups is 1. The van der Waals surface area contributed by atoms with Crippen molar-refractivity contribution in [1.82, 2.24) is 15.0 Å². The summed E-state index contributed by atoms with van der Waals surface area (Å²) in [4.78, 5) is 29.2. The lowest BCUT2D eigenvalue weighted by Gasteiger charge is -2.30. The summed E-state index contributed by atoms with van der Waals surface area (Å²) in [7, 11) is 0. The Bertz CT molecular complexity index is 978. The summed E-state index contributed by atoms with van der Waals surface area (Å²) in [5.41, 5.74) is 3.34. The molecule has 13 nitrogen and oxygen atoms in total. The third-order valence-electron chi connectivity index (χ3n) is 5.11. The molecule has 1 aromatic carbocycles. The van der Waals surface area contributed by atoms with Gasteiger partial charge in [0.1, 0.15) is 0 Å². The predicted molar refractivity (Wildman–Crippen MR) is 128 cm³/mol. The van der Waals surface area contributed by atoms with Gasteiger partial charge < -0.3 is 24.4 Å². The van der Waals surface area contributed by atoms with Crippen LogP contribution in [0.5, 0.6) is 0 Å². The van der Waals surface area contributed by atoms with Crippen molar-refractivity contribution in [2.45, 2.75) is 4.90 Å². The highest BCUT2D eigenvalue weighted by Gasteiger charge is 2.20. The fourth-order valence-corrected chi connectivity index (χ4v) is 4.17. The van der Waals surface area contributed by atoms with Gasteiger partial charge in [-0.15, -0.1) is 11.8 Å². The molecule has 2 aliphatic rings. The van der Waals surface area contributed by atoms with E-state index in [0.717, 1.165) is 0 Å². The second-order valence-corrected chi connectivity index (χ2v) is 8.52. The average Bonchev–Trinajstić information content (AvgIpc) is 2.88. The van der Waals surface area contributed by atoms with Crippen LogP contribution in [0.25, 0.3) is 0 Å². The van der Waals surface area contributed by atoms with Gasteiger partial charge in [0.05, 0.1) is 49.1 Å². The number of hydrogen-bond donors (Lipinski definition) is 2. The summed E-state index contributed by atoms with van der Waals surface area (Å²) in [6.07, 6.45) is 1.47. The molecule has 3 heterocycles. The number of hydrogen-bond acceptors (Lipinski definition) is 13. The topological polar surface area (TPSA) is 151 Å². The predicted octanol–water partition coefficient (Wildman–Crippen LogP) is 0.983. The molecule has 2 aromatic rings. The number of aliphatic hydroxyl groups excluding tert-OH is 1. The zero-order chi connectivity index (χ0) is 23.8. The second kappa shape index (κ2) is 11.9. The van der Waals surface area contributed by atoms with Crippen molar-refractivity contribution in [3.8, 4) is 0 Å². The smallest absolute Gasteiger partial charge is 0.283 e.